The maximum atomic E-state index is 14.9. The number of nitrogens with zero attached hydrogens (tertiary/aromatic N) is 4. The van der Waals surface area contributed by atoms with Crippen molar-refractivity contribution < 1.29 is 69.3 Å². The minimum atomic E-state index is -4.60. The van der Waals surface area contributed by atoms with Crippen molar-refractivity contribution in [2.75, 3.05) is 111 Å². The maximum Gasteiger partial charge on any atom is 0.419 e. The van der Waals surface area contributed by atoms with Crippen molar-refractivity contribution in [2.45, 2.75) is 50.8 Å². The Bertz CT molecular complexity index is 3530. The lowest BCUT2D eigenvalue weighted by Gasteiger charge is -2.32. The summed E-state index contributed by atoms with van der Waals surface area (Å²) in [5.74, 6) is -2.79. The van der Waals surface area contributed by atoms with Crippen LogP contribution >= 0.6 is 0 Å². The van der Waals surface area contributed by atoms with Crippen LogP contribution in [-0.4, -0.2) is 135 Å². The molecule has 0 aliphatic carbocycles. The van der Waals surface area contributed by atoms with Crippen LogP contribution in [0, 0.1) is 0 Å². The van der Waals surface area contributed by atoms with Crippen LogP contribution < -0.4 is 37.2 Å². The second-order valence-electron chi connectivity index (χ2n) is 22.2. The van der Waals surface area contributed by atoms with Gasteiger partial charge in [-0.3, -0.25) is 33.8 Å². The molecule has 6 aromatic carbocycles. The topological polar surface area (TPSA) is 229 Å². The van der Waals surface area contributed by atoms with Gasteiger partial charge in [0.15, 0.2) is 0 Å². The summed E-state index contributed by atoms with van der Waals surface area (Å²) < 4.78 is 97.2. The van der Waals surface area contributed by atoms with Crippen molar-refractivity contribution in [1.82, 2.24) is 20.0 Å². The fourth-order valence-corrected chi connectivity index (χ4v) is 9.80. The Hall–Kier alpha value is -9.40. The maximum absolute atomic E-state index is 14.9. The zero-order valence-electron chi connectivity index (χ0n) is 50.1. The van der Waals surface area contributed by atoms with Crippen molar-refractivity contribution in [2.24, 2.45) is 0 Å². The van der Waals surface area contributed by atoms with Gasteiger partial charge in [-0.1, -0.05) is 72.8 Å². The van der Waals surface area contributed by atoms with E-state index in [-0.39, 0.29) is 46.4 Å². The summed E-state index contributed by atoms with van der Waals surface area (Å²) in [4.78, 5) is 91.0. The number of carbonyl (C=O) groups excluding carboxylic acids is 6. The van der Waals surface area contributed by atoms with Crippen LogP contribution in [0.1, 0.15) is 66.2 Å². The summed E-state index contributed by atoms with van der Waals surface area (Å²) in [6.45, 7) is 11.0. The van der Waals surface area contributed by atoms with Crippen LogP contribution in [0.5, 0.6) is 0 Å². The van der Waals surface area contributed by atoms with Crippen LogP contribution in [0.4, 0.5) is 65.3 Å². The van der Waals surface area contributed by atoms with E-state index in [9.17, 15) is 55.1 Å². The van der Waals surface area contributed by atoms with Crippen molar-refractivity contribution >= 4 is 82.4 Å². The molecule has 19 nitrogen and oxygen atoms in total. The minimum absolute atomic E-state index is 0.0136. The molecule has 91 heavy (non-hydrogen) atoms. The Morgan fingerprint density at radius 2 is 1.13 bits per heavy atom. The van der Waals surface area contributed by atoms with Gasteiger partial charge < -0.3 is 51.4 Å². The van der Waals surface area contributed by atoms with Crippen LogP contribution in [0.25, 0.3) is 12.2 Å². The summed E-state index contributed by atoms with van der Waals surface area (Å²) in [5.41, 5.74) is 5.30. The molecule has 480 valence electrons. The van der Waals surface area contributed by atoms with E-state index in [1.807, 2.05) is 0 Å². The third kappa shape index (κ3) is 19.5. The number of carbonyl (C=O) groups is 6. The van der Waals surface area contributed by atoms with E-state index in [1.54, 1.807) is 106 Å². The van der Waals surface area contributed by atoms with E-state index in [4.69, 9.17) is 19.9 Å². The lowest BCUT2D eigenvalue weighted by atomic mass is 10.0. The monoisotopic (exact) mass is 1260 g/mol. The first kappa shape index (κ1) is 67.5. The number of ether oxygens (including phenoxy) is 3. The van der Waals surface area contributed by atoms with Gasteiger partial charge >= 0.3 is 18.4 Å². The zero-order chi connectivity index (χ0) is 65.3. The van der Waals surface area contributed by atoms with Crippen molar-refractivity contribution in [3.8, 4) is 0 Å². The highest BCUT2D eigenvalue weighted by molar-refractivity contribution is 6.17. The molecule has 6 aromatic rings. The molecule has 6 amide bonds. The SMILES string of the molecule is CC(C)(C)OC(=O)N(/C(=C/c1ccc(C(NCCN2CCOCC2)C(=O)Nc2ccc(C(F)(F)F)cc2)cc1)C(=O)Nc1ccccc1N)c1ccccc1NC(=O)/C=C/c1ccc(C(C(=O)Nc2ccc(C(F)(F)F)cc2)N(C=O)CCN2CCOCC2)cc1. The number of alkyl halides is 6. The number of hydrogen-bond donors (Lipinski definition) is 6. The minimum Gasteiger partial charge on any atom is -0.443 e. The molecule has 2 saturated heterocycles. The number of para-hydroxylation sites is 4. The molecule has 25 heteroatoms. The van der Waals surface area contributed by atoms with Crippen molar-refractivity contribution in [3.63, 3.8) is 0 Å². The number of morpholine rings is 2. The molecule has 0 bridgehead atoms. The highest BCUT2D eigenvalue weighted by Gasteiger charge is 2.35. The van der Waals surface area contributed by atoms with E-state index < -0.39 is 70.9 Å². The Morgan fingerprint density at radius 3 is 1.68 bits per heavy atom. The third-order valence-electron chi connectivity index (χ3n) is 14.5. The number of halogens is 6. The van der Waals surface area contributed by atoms with Gasteiger partial charge in [0.25, 0.3) is 11.8 Å². The van der Waals surface area contributed by atoms with Gasteiger partial charge in [-0.25, -0.2) is 9.69 Å². The molecule has 2 atom stereocenters. The number of nitrogens with one attached hydrogen (secondary N) is 5. The van der Waals surface area contributed by atoms with Gasteiger partial charge in [0.05, 0.1) is 60.3 Å². The summed E-state index contributed by atoms with van der Waals surface area (Å²) >= 11 is 0. The molecule has 2 fully saturated rings. The van der Waals surface area contributed by atoms with Crippen LogP contribution in [-0.2, 0) is 50.5 Å². The molecule has 2 heterocycles. The van der Waals surface area contributed by atoms with Gasteiger partial charge in [-0.05, 0) is 128 Å². The predicted molar refractivity (Wildman–Crippen MR) is 334 cm³/mol. The van der Waals surface area contributed by atoms with Crippen LogP contribution in [0.2, 0.25) is 0 Å². The summed E-state index contributed by atoms with van der Waals surface area (Å²) in [6.07, 6.45) is -5.61. The van der Waals surface area contributed by atoms with Crippen LogP contribution in [0.15, 0.2) is 157 Å². The van der Waals surface area contributed by atoms with E-state index >= 15 is 0 Å². The predicted octanol–water partition coefficient (Wildman–Crippen LogP) is 10.5. The molecule has 8 rings (SSSR count). The van der Waals surface area contributed by atoms with Crippen molar-refractivity contribution in [3.05, 3.63) is 191 Å². The zero-order valence-corrected chi connectivity index (χ0v) is 50.1. The first-order valence-electron chi connectivity index (χ1n) is 29.1. The number of nitrogen functional groups attached to an aromatic ring is 1. The van der Waals surface area contributed by atoms with Crippen LogP contribution in [0.3, 0.4) is 0 Å². The number of rotatable bonds is 23. The second-order valence-corrected chi connectivity index (χ2v) is 22.2. The average Bonchev–Trinajstić information content (AvgIpc) is 2.91. The first-order chi connectivity index (χ1) is 43.4. The largest absolute Gasteiger partial charge is 0.443 e. The standard InChI is InChI=1S/C66H70F6N10O9/c1-64(2,3)91-63(88)82(56(60(85)78-53-9-5-4-8-52(53)73)42-45-14-17-46(18-15-45)58(74-30-31-79-34-38-89-39-35-79)61(86)75-50-25-21-48(22-26-50)65(67,68)69)55-11-7-6-10-54(55)77-57(84)29-16-44-12-19-47(20-13-44)59(81(43-83)33-32-80-36-40-90-41-37-80)62(87)76-51-27-23-49(24-28-51)66(70,71)72/h4-29,42-43,58-59,74H,30-41,73H2,1-3H3,(H,75,86)(H,76,87)(H,77,84)(H,78,85)/b29-16+,56-42+. The van der Waals surface area contributed by atoms with E-state index in [2.05, 4.69) is 36.4 Å². The Balaban J connectivity index is 1.08. The molecule has 2 unspecified atom stereocenters. The van der Waals surface area contributed by atoms with E-state index in [1.165, 1.54) is 35.3 Å². The van der Waals surface area contributed by atoms with Gasteiger partial charge in [0.1, 0.15) is 23.4 Å². The van der Waals surface area contributed by atoms with Gasteiger partial charge in [-0.2, -0.15) is 26.3 Å². The highest BCUT2D eigenvalue weighted by Crippen LogP contribution is 2.35. The van der Waals surface area contributed by atoms with E-state index in [0.717, 1.165) is 53.4 Å². The molecule has 0 radical (unpaired) electrons. The Morgan fingerprint density at radius 1 is 0.615 bits per heavy atom. The Kier molecular flexibility index (Phi) is 22.9. The van der Waals surface area contributed by atoms with Gasteiger partial charge in [-0.15, -0.1) is 0 Å². The quantitative estimate of drug-likeness (QED) is 0.0152. The molecular formula is C66H70F6N10O9. The van der Waals surface area contributed by atoms with Gasteiger partial charge in [0.2, 0.25) is 18.2 Å². The van der Waals surface area contributed by atoms with Crippen molar-refractivity contribution in [1.29, 1.82) is 0 Å². The first-order valence-corrected chi connectivity index (χ1v) is 29.1. The second kappa shape index (κ2) is 30.9. The number of hydrogen-bond acceptors (Lipinski definition) is 13. The molecule has 7 N–H and O–H groups in total. The molecule has 2 aliphatic rings. The summed E-state index contributed by atoms with van der Waals surface area (Å²) in [7, 11) is 0. The molecule has 0 spiro atoms. The third-order valence-corrected chi connectivity index (χ3v) is 14.5. The number of amides is 6. The number of nitrogens with two attached hydrogens (primary N) is 1. The molecule has 2 aliphatic heterocycles. The fraction of sp³-hybridized carbons (Fsp3) is 0.303. The van der Waals surface area contributed by atoms with E-state index in [0.29, 0.717) is 101 Å². The smallest absolute Gasteiger partial charge is 0.419 e. The highest BCUT2D eigenvalue weighted by atomic mass is 19.4. The average molecular weight is 1260 g/mol. The molecular weight excluding hydrogens is 1190 g/mol. The normalized spacial score (nSPS) is 15.0. The Labute approximate surface area is 522 Å². The fourth-order valence-electron chi connectivity index (χ4n) is 9.80. The molecule has 0 saturated carbocycles. The summed E-state index contributed by atoms with van der Waals surface area (Å²) in [5, 5.41) is 14.2. The molecule has 0 aromatic heterocycles. The number of benzene rings is 6. The number of anilines is 6. The lowest BCUT2D eigenvalue weighted by molar-refractivity contribution is -0.138. The summed E-state index contributed by atoms with van der Waals surface area (Å²) in [6, 6.07) is 31.1. The van der Waals surface area contributed by atoms with Gasteiger partial charge in [0, 0.05) is 69.8 Å². The lowest BCUT2D eigenvalue weighted by Crippen LogP contribution is -2.44.